The summed E-state index contributed by atoms with van der Waals surface area (Å²) in [5, 5.41) is 3.00. The summed E-state index contributed by atoms with van der Waals surface area (Å²) in [5.41, 5.74) is 0.0655. The van der Waals surface area contributed by atoms with Crippen LogP contribution in [0.15, 0.2) is 22.0 Å². The maximum absolute atomic E-state index is 12.5. The lowest BCUT2D eigenvalue weighted by Gasteiger charge is -2.03. The van der Waals surface area contributed by atoms with Gasteiger partial charge in [0.1, 0.15) is 0 Å². The predicted octanol–water partition coefficient (Wildman–Crippen LogP) is 5.21. The quantitative estimate of drug-likeness (QED) is 0.588. The fraction of sp³-hybridized carbons (Fsp3) is 0.111. The van der Waals surface area contributed by atoms with Gasteiger partial charge in [0.25, 0.3) is 6.43 Å². The van der Waals surface area contributed by atoms with E-state index in [1.54, 1.807) is 12.1 Å². The lowest BCUT2D eigenvalue weighted by Crippen LogP contribution is -1.85. The molecule has 1 heterocycles. The molecule has 0 saturated heterocycles. The molecule has 5 heteroatoms. The number of rotatable bonds is 1. The number of alkyl halides is 2. The van der Waals surface area contributed by atoms with E-state index < -0.39 is 6.43 Å². The highest BCUT2D eigenvalue weighted by atomic mass is 127. The third-order valence-corrected chi connectivity index (χ3v) is 4.83. The van der Waals surface area contributed by atoms with Gasteiger partial charge in [0.15, 0.2) is 0 Å². The van der Waals surface area contributed by atoms with Gasteiger partial charge in [-0.3, -0.25) is 0 Å². The second-order valence-corrected chi connectivity index (χ2v) is 5.68. The number of halogens is 4. The second-order valence-electron chi connectivity index (χ2n) is 2.75. The minimum atomic E-state index is -2.42. The zero-order valence-corrected chi connectivity index (χ0v) is 11.3. The molecule has 14 heavy (non-hydrogen) atoms. The van der Waals surface area contributed by atoms with E-state index >= 15 is 0 Å². The van der Waals surface area contributed by atoms with Gasteiger partial charge >= 0.3 is 0 Å². The van der Waals surface area contributed by atoms with E-state index in [-0.39, 0.29) is 5.56 Å². The Bertz CT molecular complexity index is 481. The number of hydrogen-bond acceptors (Lipinski definition) is 1. The van der Waals surface area contributed by atoms with Gasteiger partial charge in [0.2, 0.25) is 0 Å². The molecule has 1 aromatic heterocycles. The van der Waals surface area contributed by atoms with Crippen molar-refractivity contribution in [1.29, 1.82) is 0 Å². The summed E-state index contributed by atoms with van der Waals surface area (Å²) < 4.78 is 27.6. The van der Waals surface area contributed by atoms with Crippen LogP contribution in [0, 0.1) is 3.57 Å². The molecule has 0 atom stereocenters. The maximum atomic E-state index is 12.5. The van der Waals surface area contributed by atoms with E-state index in [1.165, 1.54) is 11.3 Å². The van der Waals surface area contributed by atoms with E-state index in [1.807, 2.05) is 5.38 Å². The van der Waals surface area contributed by atoms with Crippen molar-refractivity contribution in [2.24, 2.45) is 0 Å². The van der Waals surface area contributed by atoms with Gasteiger partial charge < -0.3 is 0 Å². The van der Waals surface area contributed by atoms with Crippen molar-refractivity contribution in [1.82, 2.24) is 0 Å². The first-order valence-electron chi connectivity index (χ1n) is 3.74. The average Bonchev–Trinajstić information content (AvgIpc) is 2.46. The number of hydrogen-bond donors (Lipinski definition) is 0. The second kappa shape index (κ2) is 4.02. The van der Waals surface area contributed by atoms with Crippen LogP contribution in [0.1, 0.15) is 12.0 Å². The SMILES string of the molecule is FC(F)c1cc2scc(I)c2cc1Br. The van der Waals surface area contributed by atoms with Gasteiger partial charge in [0.05, 0.1) is 0 Å². The Morgan fingerprint density at radius 2 is 2.07 bits per heavy atom. The van der Waals surface area contributed by atoms with E-state index in [0.29, 0.717) is 4.47 Å². The Hall–Kier alpha value is 0.250. The molecule has 0 fully saturated rings. The van der Waals surface area contributed by atoms with Gasteiger partial charge in [-0.05, 0) is 34.7 Å². The third-order valence-electron chi connectivity index (χ3n) is 1.88. The minimum absolute atomic E-state index is 0.0655. The zero-order valence-electron chi connectivity index (χ0n) is 6.73. The Kier molecular flexibility index (Phi) is 3.09. The molecule has 0 aliphatic rings. The van der Waals surface area contributed by atoms with Crippen molar-refractivity contribution < 1.29 is 8.78 Å². The first-order chi connectivity index (χ1) is 6.59. The summed E-state index contributed by atoms with van der Waals surface area (Å²) in [6, 6.07) is 3.31. The first-order valence-corrected chi connectivity index (χ1v) is 6.49. The fourth-order valence-electron chi connectivity index (χ4n) is 1.20. The largest absolute Gasteiger partial charge is 0.264 e. The summed E-state index contributed by atoms with van der Waals surface area (Å²) >= 11 is 6.85. The minimum Gasteiger partial charge on any atom is -0.205 e. The molecule has 0 amide bonds. The number of fused-ring (bicyclic) bond motifs is 1. The third kappa shape index (κ3) is 1.81. The number of thiophene rings is 1. The highest BCUT2D eigenvalue weighted by Crippen LogP contribution is 2.35. The Labute approximate surface area is 106 Å². The van der Waals surface area contributed by atoms with Crippen molar-refractivity contribution >= 4 is 59.9 Å². The monoisotopic (exact) mass is 388 g/mol. The zero-order chi connectivity index (χ0) is 10.3. The Morgan fingerprint density at radius 1 is 1.36 bits per heavy atom. The lowest BCUT2D eigenvalue weighted by molar-refractivity contribution is 0.150. The van der Waals surface area contributed by atoms with Crippen molar-refractivity contribution in [3.63, 3.8) is 0 Å². The molecule has 0 nitrogen and oxygen atoms in total. The highest BCUT2D eigenvalue weighted by Gasteiger charge is 2.14. The van der Waals surface area contributed by atoms with Gasteiger partial charge in [-0.15, -0.1) is 11.3 Å². The molecule has 0 unspecified atom stereocenters. The summed E-state index contributed by atoms with van der Waals surface area (Å²) in [6.45, 7) is 0. The van der Waals surface area contributed by atoms with Crippen molar-refractivity contribution in [3.8, 4) is 0 Å². The van der Waals surface area contributed by atoms with Crippen LogP contribution in [0.2, 0.25) is 0 Å². The molecule has 0 spiro atoms. The standard InChI is InChI=1S/C9H4BrF2IS/c10-6-1-5-7(13)3-14-8(5)2-4(6)9(11)12/h1-3,9H. The highest BCUT2D eigenvalue weighted by molar-refractivity contribution is 14.1. The van der Waals surface area contributed by atoms with Crippen LogP contribution in [0.5, 0.6) is 0 Å². The maximum Gasteiger partial charge on any atom is 0.264 e. The van der Waals surface area contributed by atoms with Gasteiger partial charge in [0, 0.05) is 29.1 Å². The van der Waals surface area contributed by atoms with E-state index in [2.05, 4.69) is 38.5 Å². The van der Waals surface area contributed by atoms with Crippen LogP contribution in [0.3, 0.4) is 0 Å². The fourth-order valence-corrected chi connectivity index (χ4v) is 3.57. The Balaban J connectivity index is 2.72. The van der Waals surface area contributed by atoms with Crippen LogP contribution in [0.25, 0.3) is 10.1 Å². The number of benzene rings is 1. The average molecular weight is 389 g/mol. The summed E-state index contributed by atoms with van der Waals surface area (Å²) in [7, 11) is 0. The molecular weight excluding hydrogens is 385 g/mol. The molecule has 2 aromatic rings. The topological polar surface area (TPSA) is 0 Å². The van der Waals surface area contributed by atoms with Crippen molar-refractivity contribution in [3.05, 3.63) is 31.1 Å². The van der Waals surface area contributed by atoms with Crippen molar-refractivity contribution in [2.75, 3.05) is 0 Å². The molecule has 0 aliphatic heterocycles. The molecule has 0 saturated carbocycles. The first kappa shape index (κ1) is 10.8. The summed E-state index contributed by atoms with van der Waals surface area (Å²) in [5.74, 6) is 0. The van der Waals surface area contributed by atoms with Gasteiger partial charge in [-0.25, -0.2) is 8.78 Å². The molecular formula is C9H4BrF2IS. The summed E-state index contributed by atoms with van der Waals surface area (Å²) in [4.78, 5) is 0. The molecule has 0 bridgehead atoms. The molecule has 74 valence electrons. The molecule has 0 aliphatic carbocycles. The van der Waals surface area contributed by atoms with Crippen LogP contribution >= 0.6 is 49.9 Å². The predicted molar refractivity (Wildman–Crippen MR) is 67.2 cm³/mol. The molecule has 0 radical (unpaired) electrons. The van der Waals surface area contributed by atoms with Crippen LogP contribution in [-0.2, 0) is 0 Å². The normalized spacial score (nSPS) is 11.5. The van der Waals surface area contributed by atoms with E-state index in [0.717, 1.165) is 13.7 Å². The van der Waals surface area contributed by atoms with Gasteiger partial charge in [-0.2, -0.15) is 0 Å². The van der Waals surface area contributed by atoms with Crippen LogP contribution in [-0.4, -0.2) is 0 Å². The van der Waals surface area contributed by atoms with E-state index in [9.17, 15) is 8.78 Å². The molecule has 0 N–H and O–H groups in total. The van der Waals surface area contributed by atoms with E-state index in [4.69, 9.17) is 0 Å². The smallest absolute Gasteiger partial charge is 0.205 e. The summed E-state index contributed by atoms with van der Waals surface area (Å²) in [6.07, 6.45) is -2.42. The van der Waals surface area contributed by atoms with Crippen LogP contribution < -0.4 is 0 Å². The molecule has 1 aromatic carbocycles. The Morgan fingerprint density at radius 3 is 2.71 bits per heavy atom. The van der Waals surface area contributed by atoms with Crippen molar-refractivity contribution in [2.45, 2.75) is 6.43 Å². The molecule has 2 rings (SSSR count). The van der Waals surface area contributed by atoms with Gasteiger partial charge in [-0.1, -0.05) is 15.9 Å². The lowest BCUT2D eigenvalue weighted by atomic mass is 10.2. The van der Waals surface area contributed by atoms with Crippen LogP contribution in [0.4, 0.5) is 8.78 Å².